The van der Waals surface area contributed by atoms with E-state index in [1.807, 2.05) is 19.1 Å². The average molecular weight is 262 g/mol. The molecule has 0 heterocycles. The van der Waals surface area contributed by atoms with Gasteiger partial charge < -0.3 is 15.4 Å². The average Bonchev–Trinajstić information content (AvgIpc) is 2.42. The van der Waals surface area contributed by atoms with Gasteiger partial charge in [0.15, 0.2) is 6.61 Å². The molecular weight excluding hydrogens is 244 g/mol. The molecule has 1 aromatic carbocycles. The van der Waals surface area contributed by atoms with Gasteiger partial charge in [-0.2, -0.15) is 0 Å². The van der Waals surface area contributed by atoms with E-state index in [0.717, 1.165) is 5.56 Å². The van der Waals surface area contributed by atoms with Gasteiger partial charge in [0, 0.05) is 6.54 Å². The number of benzene rings is 1. The summed E-state index contributed by atoms with van der Waals surface area (Å²) in [5, 5.41) is 5.02. The van der Waals surface area contributed by atoms with Crippen molar-refractivity contribution in [3.05, 3.63) is 42.5 Å². The summed E-state index contributed by atoms with van der Waals surface area (Å²) in [5.74, 6) is 0.0229. The fourth-order valence-electron chi connectivity index (χ4n) is 1.26. The van der Waals surface area contributed by atoms with Gasteiger partial charge in [-0.25, -0.2) is 0 Å². The van der Waals surface area contributed by atoms with Crippen molar-refractivity contribution in [1.29, 1.82) is 0 Å². The van der Waals surface area contributed by atoms with Crippen LogP contribution in [0.2, 0.25) is 0 Å². The molecule has 5 nitrogen and oxygen atoms in total. The van der Waals surface area contributed by atoms with E-state index in [4.69, 9.17) is 4.74 Å². The second-order valence-electron chi connectivity index (χ2n) is 3.97. The van der Waals surface area contributed by atoms with E-state index in [-0.39, 0.29) is 25.0 Å². The standard InChI is InChI=1S/C14H18N2O3/c1-3-8-15-13(17)9-16-14(18)10-19-12-6-4-11(2)5-7-12/h3-7H,1,8-10H2,2H3,(H,15,17)(H,16,18). The Morgan fingerprint density at radius 2 is 1.89 bits per heavy atom. The number of rotatable bonds is 7. The van der Waals surface area contributed by atoms with Crippen LogP contribution in [0.3, 0.4) is 0 Å². The van der Waals surface area contributed by atoms with Crippen LogP contribution in [0.1, 0.15) is 5.56 Å². The molecule has 1 aromatic rings. The molecule has 102 valence electrons. The minimum Gasteiger partial charge on any atom is -0.484 e. The predicted molar refractivity (Wildman–Crippen MR) is 72.9 cm³/mol. The van der Waals surface area contributed by atoms with E-state index < -0.39 is 0 Å². The molecule has 0 fully saturated rings. The van der Waals surface area contributed by atoms with Gasteiger partial charge in [-0.15, -0.1) is 6.58 Å². The third-order valence-corrected chi connectivity index (χ3v) is 2.28. The summed E-state index contributed by atoms with van der Waals surface area (Å²) >= 11 is 0. The van der Waals surface area contributed by atoms with Gasteiger partial charge in [-0.3, -0.25) is 9.59 Å². The first kappa shape index (κ1) is 14.8. The molecular formula is C14H18N2O3. The third-order valence-electron chi connectivity index (χ3n) is 2.28. The molecule has 2 amide bonds. The summed E-state index contributed by atoms with van der Waals surface area (Å²) in [6, 6.07) is 7.38. The van der Waals surface area contributed by atoms with E-state index in [2.05, 4.69) is 17.2 Å². The highest BCUT2D eigenvalue weighted by atomic mass is 16.5. The fraction of sp³-hybridized carbons (Fsp3) is 0.286. The quantitative estimate of drug-likeness (QED) is 0.714. The van der Waals surface area contributed by atoms with Gasteiger partial charge in [0.05, 0.1) is 6.54 Å². The summed E-state index contributed by atoms with van der Waals surface area (Å²) in [6.07, 6.45) is 1.57. The van der Waals surface area contributed by atoms with Crippen LogP contribution in [0.15, 0.2) is 36.9 Å². The van der Waals surface area contributed by atoms with E-state index >= 15 is 0 Å². The molecule has 0 saturated heterocycles. The SMILES string of the molecule is C=CCNC(=O)CNC(=O)COc1ccc(C)cc1. The van der Waals surface area contributed by atoms with Crippen LogP contribution < -0.4 is 15.4 Å². The predicted octanol–water partition coefficient (Wildman–Crippen LogP) is 0.792. The maximum atomic E-state index is 11.4. The number of hydrogen-bond donors (Lipinski definition) is 2. The molecule has 5 heteroatoms. The number of aryl methyl sites for hydroxylation is 1. The number of hydrogen-bond acceptors (Lipinski definition) is 3. The molecule has 0 aliphatic rings. The summed E-state index contributed by atoms with van der Waals surface area (Å²) in [5.41, 5.74) is 1.12. The third kappa shape index (κ3) is 6.26. The first-order chi connectivity index (χ1) is 9.11. The Balaban J connectivity index is 2.22. The van der Waals surface area contributed by atoms with Gasteiger partial charge in [0.25, 0.3) is 5.91 Å². The molecule has 2 N–H and O–H groups in total. The van der Waals surface area contributed by atoms with Crippen molar-refractivity contribution in [2.75, 3.05) is 19.7 Å². The lowest BCUT2D eigenvalue weighted by Gasteiger charge is -2.07. The van der Waals surface area contributed by atoms with Crippen molar-refractivity contribution in [2.45, 2.75) is 6.92 Å². The zero-order valence-electron chi connectivity index (χ0n) is 10.9. The highest BCUT2D eigenvalue weighted by Crippen LogP contribution is 2.10. The lowest BCUT2D eigenvalue weighted by Crippen LogP contribution is -2.38. The highest BCUT2D eigenvalue weighted by Gasteiger charge is 2.05. The molecule has 0 radical (unpaired) electrons. The highest BCUT2D eigenvalue weighted by molar-refractivity contribution is 5.85. The first-order valence-electron chi connectivity index (χ1n) is 5.95. The van der Waals surface area contributed by atoms with Crippen molar-refractivity contribution in [3.8, 4) is 5.75 Å². The Morgan fingerprint density at radius 1 is 1.21 bits per heavy atom. The molecule has 0 aromatic heterocycles. The molecule has 0 bridgehead atoms. The summed E-state index contributed by atoms with van der Waals surface area (Å²) < 4.78 is 5.28. The topological polar surface area (TPSA) is 67.4 Å². The van der Waals surface area contributed by atoms with Crippen LogP contribution in [0.25, 0.3) is 0 Å². The van der Waals surface area contributed by atoms with Gasteiger partial charge in [0.1, 0.15) is 5.75 Å². The number of amides is 2. The van der Waals surface area contributed by atoms with Crippen LogP contribution in [-0.4, -0.2) is 31.5 Å². The number of ether oxygens (including phenoxy) is 1. The minimum atomic E-state index is -0.339. The molecule has 0 aliphatic carbocycles. The maximum Gasteiger partial charge on any atom is 0.258 e. The minimum absolute atomic E-state index is 0.0655. The van der Waals surface area contributed by atoms with Gasteiger partial charge in [0.2, 0.25) is 5.91 Å². The molecule has 0 aliphatic heterocycles. The molecule has 0 spiro atoms. The van der Waals surface area contributed by atoms with Crippen LogP contribution >= 0.6 is 0 Å². The normalized spacial score (nSPS) is 9.53. The Bertz CT molecular complexity index is 441. The van der Waals surface area contributed by atoms with E-state index in [9.17, 15) is 9.59 Å². The summed E-state index contributed by atoms with van der Waals surface area (Å²) in [7, 11) is 0. The van der Waals surface area contributed by atoms with Crippen LogP contribution in [0.5, 0.6) is 5.75 Å². The van der Waals surface area contributed by atoms with Gasteiger partial charge in [-0.05, 0) is 19.1 Å². The molecule has 0 unspecified atom stereocenters. The van der Waals surface area contributed by atoms with Crippen molar-refractivity contribution in [1.82, 2.24) is 10.6 Å². The number of carbonyl (C=O) groups excluding carboxylic acids is 2. The monoisotopic (exact) mass is 262 g/mol. The zero-order valence-corrected chi connectivity index (χ0v) is 10.9. The lowest BCUT2D eigenvalue weighted by molar-refractivity contribution is -0.127. The van der Waals surface area contributed by atoms with Gasteiger partial charge >= 0.3 is 0 Å². The largest absolute Gasteiger partial charge is 0.484 e. The van der Waals surface area contributed by atoms with Crippen molar-refractivity contribution in [2.24, 2.45) is 0 Å². The lowest BCUT2D eigenvalue weighted by atomic mass is 10.2. The Morgan fingerprint density at radius 3 is 2.53 bits per heavy atom. The first-order valence-corrected chi connectivity index (χ1v) is 5.95. The van der Waals surface area contributed by atoms with Crippen molar-refractivity contribution in [3.63, 3.8) is 0 Å². The van der Waals surface area contributed by atoms with Gasteiger partial charge in [-0.1, -0.05) is 23.8 Å². The summed E-state index contributed by atoms with van der Waals surface area (Å²) in [4.78, 5) is 22.6. The summed E-state index contributed by atoms with van der Waals surface area (Å²) in [6.45, 7) is 5.65. The Hall–Kier alpha value is -2.30. The number of nitrogens with one attached hydrogen (secondary N) is 2. The Kier molecular flexibility index (Phi) is 6.15. The van der Waals surface area contributed by atoms with Crippen LogP contribution in [0, 0.1) is 6.92 Å². The second kappa shape index (κ2) is 7.92. The van der Waals surface area contributed by atoms with Crippen LogP contribution in [0.4, 0.5) is 0 Å². The molecule has 19 heavy (non-hydrogen) atoms. The van der Waals surface area contributed by atoms with E-state index in [1.165, 1.54) is 0 Å². The van der Waals surface area contributed by atoms with Crippen molar-refractivity contribution < 1.29 is 14.3 Å². The molecule has 0 saturated carbocycles. The molecule has 0 atom stereocenters. The zero-order chi connectivity index (χ0) is 14.1. The molecule has 1 rings (SSSR count). The van der Waals surface area contributed by atoms with E-state index in [0.29, 0.717) is 12.3 Å². The fourth-order valence-corrected chi connectivity index (χ4v) is 1.26. The van der Waals surface area contributed by atoms with E-state index in [1.54, 1.807) is 18.2 Å². The second-order valence-corrected chi connectivity index (χ2v) is 3.97. The number of carbonyl (C=O) groups is 2. The van der Waals surface area contributed by atoms with Crippen LogP contribution in [-0.2, 0) is 9.59 Å². The maximum absolute atomic E-state index is 11.4. The smallest absolute Gasteiger partial charge is 0.258 e. The Labute approximate surface area is 112 Å². The van der Waals surface area contributed by atoms with Crippen molar-refractivity contribution >= 4 is 11.8 Å².